The molecular formula is C30H38N4O6. The van der Waals surface area contributed by atoms with E-state index in [1.807, 2.05) is 44.2 Å². The van der Waals surface area contributed by atoms with Crippen molar-refractivity contribution in [3.05, 3.63) is 65.7 Å². The summed E-state index contributed by atoms with van der Waals surface area (Å²) in [5, 5.41) is 17.9. The molecule has 0 aromatic heterocycles. The van der Waals surface area contributed by atoms with Crippen molar-refractivity contribution in [1.29, 1.82) is 0 Å². The van der Waals surface area contributed by atoms with Crippen LogP contribution in [0.4, 0.5) is 5.69 Å². The molecule has 1 fully saturated rings. The Hall–Kier alpha value is -4.21. The molecule has 3 atom stereocenters. The summed E-state index contributed by atoms with van der Waals surface area (Å²) in [5.41, 5.74) is 2.15. The lowest BCUT2D eigenvalue weighted by molar-refractivity contribution is -0.149. The molecule has 1 heterocycles. The Balaban J connectivity index is 1.75. The average molecular weight is 551 g/mol. The molecule has 4 N–H and O–H groups in total. The van der Waals surface area contributed by atoms with Gasteiger partial charge in [0.1, 0.15) is 18.1 Å². The Morgan fingerprint density at radius 1 is 0.925 bits per heavy atom. The van der Waals surface area contributed by atoms with Gasteiger partial charge in [-0.15, -0.1) is 0 Å². The Bertz CT molecular complexity index is 1200. The zero-order chi connectivity index (χ0) is 29.2. The molecule has 214 valence electrons. The van der Waals surface area contributed by atoms with Crippen molar-refractivity contribution in [1.82, 2.24) is 15.5 Å². The van der Waals surface area contributed by atoms with Crippen LogP contribution in [0, 0.1) is 5.92 Å². The quantitative estimate of drug-likeness (QED) is 0.320. The topological polar surface area (TPSA) is 145 Å². The van der Waals surface area contributed by atoms with Crippen LogP contribution in [0.25, 0.3) is 0 Å². The van der Waals surface area contributed by atoms with E-state index >= 15 is 0 Å². The van der Waals surface area contributed by atoms with Crippen molar-refractivity contribution in [2.75, 3.05) is 11.9 Å². The first kappa shape index (κ1) is 30.3. The first-order chi connectivity index (χ1) is 19.0. The Kier molecular flexibility index (Phi) is 10.8. The van der Waals surface area contributed by atoms with Gasteiger partial charge in [0.25, 0.3) is 0 Å². The molecule has 4 amide bonds. The van der Waals surface area contributed by atoms with E-state index in [-0.39, 0.29) is 30.6 Å². The van der Waals surface area contributed by atoms with Crippen LogP contribution < -0.4 is 16.0 Å². The predicted molar refractivity (Wildman–Crippen MR) is 150 cm³/mol. The van der Waals surface area contributed by atoms with Gasteiger partial charge in [0.15, 0.2) is 0 Å². The summed E-state index contributed by atoms with van der Waals surface area (Å²) in [6.45, 7) is 5.58. The lowest BCUT2D eigenvalue weighted by atomic mass is 10.00. The fraction of sp³-hybridized carbons (Fsp3) is 0.433. The molecule has 2 aromatic carbocycles. The van der Waals surface area contributed by atoms with E-state index in [2.05, 4.69) is 16.0 Å². The molecule has 0 radical (unpaired) electrons. The molecule has 0 spiro atoms. The number of nitrogens with one attached hydrogen (secondary N) is 3. The van der Waals surface area contributed by atoms with Crippen LogP contribution in [-0.4, -0.2) is 64.3 Å². The highest BCUT2D eigenvalue weighted by molar-refractivity contribution is 5.94. The van der Waals surface area contributed by atoms with Gasteiger partial charge >= 0.3 is 5.97 Å². The number of likely N-dealkylation sites (tertiary alicyclic amines) is 1. The van der Waals surface area contributed by atoms with E-state index in [1.54, 1.807) is 24.3 Å². The second-order valence-corrected chi connectivity index (χ2v) is 10.6. The number of nitrogens with zero attached hydrogens (tertiary/aromatic N) is 1. The Morgan fingerprint density at radius 2 is 1.60 bits per heavy atom. The van der Waals surface area contributed by atoms with Crippen molar-refractivity contribution in [2.24, 2.45) is 5.92 Å². The van der Waals surface area contributed by atoms with E-state index in [0.29, 0.717) is 37.1 Å². The summed E-state index contributed by atoms with van der Waals surface area (Å²) in [5.74, 6) is -2.50. The SMILES string of the molecule is CC(=O)Nc1ccc(CC(=O)N[C@@H](Cc2ccccc2)C(=O)N[C@@H](CC(C)C)C(=O)N2CCC[C@H]2C(=O)O)cc1. The Morgan fingerprint density at radius 3 is 2.20 bits per heavy atom. The fourth-order valence-corrected chi connectivity index (χ4v) is 4.85. The van der Waals surface area contributed by atoms with Gasteiger partial charge in [-0.3, -0.25) is 19.2 Å². The van der Waals surface area contributed by atoms with Crippen LogP contribution in [0.5, 0.6) is 0 Å². The first-order valence-electron chi connectivity index (χ1n) is 13.6. The number of carboxylic acids is 1. The summed E-state index contributed by atoms with van der Waals surface area (Å²) >= 11 is 0. The highest BCUT2D eigenvalue weighted by atomic mass is 16.4. The van der Waals surface area contributed by atoms with Crippen molar-refractivity contribution < 1.29 is 29.1 Å². The Labute approximate surface area is 234 Å². The van der Waals surface area contributed by atoms with Gasteiger partial charge in [0.05, 0.1) is 6.42 Å². The van der Waals surface area contributed by atoms with E-state index in [9.17, 15) is 29.1 Å². The molecule has 40 heavy (non-hydrogen) atoms. The number of anilines is 1. The highest BCUT2D eigenvalue weighted by Crippen LogP contribution is 2.20. The van der Waals surface area contributed by atoms with Crippen molar-refractivity contribution >= 4 is 35.3 Å². The summed E-state index contributed by atoms with van der Waals surface area (Å²) < 4.78 is 0. The van der Waals surface area contributed by atoms with Crippen LogP contribution in [0.1, 0.15) is 51.2 Å². The second kappa shape index (κ2) is 14.3. The fourth-order valence-electron chi connectivity index (χ4n) is 4.85. The number of amides is 4. The van der Waals surface area contributed by atoms with Gasteiger partial charge in [-0.2, -0.15) is 0 Å². The van der Waals surface area contributed by atoms with Crippen molar-refractivity contribution in [3.8, 4) is 0 Å². The predicted octanol–water partition coefficient (Wildman–Crippen LogP) is 2.52. The van der Waals surface area contributed by atoms with Gasteiger partial charge in [0.2, 0.25) is 23.6 Å². The zero-order valence-electron chi connectivity index (χ0n) is 23.2. The monoisotopic (exact) mass is 550 g/mol. The minimum absolute atomic E-state index is 0.0152. The van der Waals surface area contributed by atoms with E-state index in [4.69, 9.17) is 0 Å². The maximum Gasteiger partial charge on any atom is 0.326 e. The maximum atomic E-state index is 13.6. The second-order valence-electron chi connectivity index (χ2n) is 10.6. The van der Waals surface area contributed by atoms with Gasteiger partial charge in [-0.05, 0) is 48.4 Å². The maximum absolute atomic E-state index is 13.6. The number of hydrogen-bond donors (Lipinski definition) is 4. The third-order valence-electron chi connectivity index (χ3n) is 6.72. The molecule has 3 rings (SSSR count). The molecule has 0 aliphatic carbocycles. The van der Waals surface area contributed by atoms with Crippen LogP contribution >= 0.6 is 0 Å². The summed E-state index contributed by atoms with van der Waals surface area (Å²) in [6, 6.07) is 13.3. The minimum Gasteiger partial charge on any atom is -0.480 e. The van der Waals surface area contributed by atoms with Gasteiger partial charge < -0.3 is 26.0 Å². The third kappa shape index (κ3) is 8.93. The van der Waals surface area contributed by atoms with E-state index < -0.39 is 35.9 Å². The van der Waals surface area contributed by atoms with Crippen molar-refractivity contribution in [3.63, 3.8) is 0 Å². The molecule has 10 heteroatoms. The third-order valence-corrected chi connectivity index (χ3v) is 6.72. The molecule has 1 saturated heterocycles. The summed E-state index contributed by atoms with van der Waals surface area (Å²) in [6.07, 6.45) is 1.52. The summed E-state index contributed by atoms with van der Waals surface area (Å²) in [4.78, 5) is 64.2. The molecule has 10 nitrogen and oxygen atoms in total. The number of carboxylic acid groups (broad SMARTS) is 1. The molecular weight excluding hydrogens is 512 g/mol. The lowest BCUT2D eigenvalue weighted by Crippen LogP contribution is -2.56. The highest BCUT2D eigenvalue weighted by Gasteiger charge is 2.38. The summed E-state index contributed by atoms with van der Waals surface area (Å²) in [7, 11) is 0. The van der Waals surface area contributed by atoms with Crippen LogP contribution in [0.3, 0.4) is 0 Å². The molecule has 1 aliphatic heterocycles. The molecule has 0 saturated carbocycles. The normalized spacial score (nSPS) is 16.2. The average Bonchev–Trinajstić information content (AvgIpc) is 3.39. The molecule has 0 bridgehead atoms. The number of hydrogen-bond acceptors (Lipinski definition) is 5. The smallest absolute Gasteiger partial charge is 0.326 e. The molecule has 2 aromatic rings. The number of carbonyl (C=O) groups excluding carboxylic acids is 4. The van der Waals surface area contributed by atoms with Gasteiger partial charge in [-0.1, -0.05) is 56.3 Å². The zero-order valence-corrected chi connectivity index (χ0v) is 23.2. The number of rotatable bonds is 12. The standard InChI is InChI=1S/C30H38N4O6/c1-19(2)16-25(29(38)34-15-7-10-26(34)30(39)40)33-28(37)24(17-21-8-5-4-6-9-21)32-27(36)18-22-11-13-23(14-12-22)31-20(3)35/h4-6,8-9,11-14,19,24-26H,7,10,15-18H2,1-3H3,(H,31,35)(H,32,36)(H,33,37)(H,39,40)/t24-,25-,26-/m0/s1. The van der Waals surface area contributed by atoms with Crippen LogP contribution in [-0.2, 0) is 36.8 Å². The van der Waals surface area contributed by atoms with Crippen molar-refractivity contribution in [2.45, 2.75) is 71.0 Å². The first-order valence-corrected chi connectivity index (χ1v) is 13.6. The van der Waals surface area contributed by atoms with Gasteiger partial charge in [-0.25, -0.2) is 4.79 Å². The van der Waals surface area contributed by atoms with E-state index in [1.165, 1.54) is 11.8 Å². The number of carbonyl (C=O) groups is 5. The minimum atomic E-state index is -1.06. The van der Waals surface area contributed by atoms with E-state index in [0.717, 1.165) is 5.56 Å². The van der Waals surface area contributed by atoms with Crippen LogP contribution in [0.15, 0.2) is 54.6 Å². The largest absolute Gasteiger partial charge is 0.480 e. The number of benzene rings is 2. The number of aliphatic carboxylic acids is 1. The lowest BCUT2D eigenvalue weighted by Gasteiger charge is -2.29. The molecule has 0 unspecified atom stereocenters. The van der Waals surface area contributed by atoms with Crippen LogP contribution in [0.2, 0.25) is 0 Å². The molecule has 1 aliphatic rings. The van der Waals surface area contributed by atoms with Gasteiger partial charge in [0, 0.05) is 25.6 Å².